The number of hydrogen-bond acceptors (Lipinski definition) is 3. The van der Waals surface area contributed by atoms with Crippen molar-refractivity contribution >= 4 is 37.2 Å². The van der Waals surface area contributed by atoms with Crippen LogP contribution in [0.2, 0.25) is 0 Å². The molecule has 2 nitrogen and oxygen atoms in total. The lowest BCUT2D eigenvalue weighted by Gasteiger charge is -1.98. The van der Waals surface area contributed by atoms with Crippen LogP contribution in [0.25, 0.3) is 20.2 Å². The molecule has 0 atom stereocenters. The molecule has 0 radical (unpaired) electrons. The van der Waals surface area contributed by atoms with Gasteiger partial charge in [0.25, 0.3) is 0 Å². The summed E-state index contributed by atoms with van der Waals surface area (Å²) in [5.41, 5.74) is 6.61. The fourth-order valence-corrected chi connectivity index (χ4v) is 2.98. The number of aromatic hydroxyl groups is 1. The Bertz CT molecular complexity index is 657. The number of thiophene rings is 1. The Labute approximate surface area is 90.6 Å². The smallest absolute Gasteiger partial charge is 0.125 e. The zero-order valence-electron chi connectivity index (χ0n) is 7.90. The molecule has 3 N–H and O–H groups in total. The topological polar surface area (TPSA) is 46.2 Å². The second-order valence-corrected chi connectivity index (χ2v) is 4.53. The monoisotopic (exact) mass is 215 g/mol. The van der Waals surface area contributed by atoms with Gasteiger partial charge in [-0.15, -0.1) is 11.3 Å². The summed E-state index contributed by atoms with van der Waals surface area (Å²) in [6.45, 7) is 0. The van der Waals surface area contributed by atoms with Crippen LogP contribution >= 0.6 is 11.3 Å². The molecule has 0 unspecified atom stereocenters. The molecule has 3 aromatic rings. The number of rotatable bonds is 0. The molecule has 3 rings (SSSR count). The quantitative estimate of drug-likeness (QED) is 0.446. The van der Waals surface area contributed by atoms with Crippen LogP contribution in [0.4, 0.5) is 5.69 Å². The Hall–Kier alpha value is -1.74. The van der Waals surface area contributed by atoms with E-state index in [0.29, 0.717) is 5.75 Å². The van der Waals surface area contributed by atoms with Gasteiger partial charge in [0.2, 0.25) is 0 Å². The van der Waals surface area contributed by atoms with Crippen molar-refractivity contribution in [3.8, 4) is 5.75 Å². The molecule has 1 heterocycles. The molecule has 0 aliphatic heterocycles. The standard InChI is InChI=1S/C12H9NOS/c13-8-5-6-9(14)11-7-3-1-2-4-10(7)15-12(8)11/h1-6,14H,13H2. The third-order valence-electron chi connectivity index (χ3n) is 2.53. The van der Waals surface area contributed by atoms with Gasteiger partial charge in [-0.2, -0.15) is 0 Å². The molecule has 2 aromatic carbocycles. The lowest BCUT2D eigenvalue weighted by atomic mass is 10.1. The van der Waals surface area contributed by atoms with E-state index in [1.807, 2.05) is 24.3 Å². The van der Waals surface area contributed by atoms with Gasteiger partial charge in [0.1, 0.15) is 5.75 Å². The van der Waals surface area contributed by atoms with Crippen molar-refractivity contribution in [2.75, 3.05) is 5.73 Å². The Morgan fingerprint density at radius 1 is 1.07 bits per heavy atom. The van der Waals surface area contributed by atoms with Crippen molar-refractivity contribution in [3.05, 3.63) is 36.4 Å². The van der Waals surface area contributed by atoms with E-state index in [1.165, 1.54) is 0 Å². The normalized spacial score (nSPS) is 11.2. The fraction of sp³-hybridized carbons (Fsp3) is 0. The summed E-state index contributed by atoms with van der Waals surface area (Å²) in [6.07, 6.45) is 0. The highest BCUT2D eigenvalue weighted by Crippen LogP contribution is 2.41. The molecule has 74 valence electrons. The average Bonchev–Trinajstić information content (AvgIpc) is 2.64. The van der Waals surface area contributed by atoms with Gasteiger partial charge in [-0.3, -0.25) is 0 Å². The minimum atomic E-state index is 0.302. The first kappa shape index (κ1) is 8.56. The summed E-state index contributed by atoms with van der Waals surface area (Å²) < 4.78 is 2.12. The van der Waals surface area contributed by atoms with Gasteiger partial charge in [-0.1, -0.05) is 18.2 Å². The van der Waals surface area contributed by atoms with Gasteiger partial charge in [0.05, 0.1) is 4.70 Å². The molecule has 15 heavy (non-hydrogen) atoms. The molecule has 0 bridgehead atoms. The first-order valence-electron chi connectivity index (χ1n) is 4.66. The van der Waals surface area contributed by atoms with E-state index in [4.69, 9.17) is 5.73 Å². The largest absolute Gasteiger partial charge is 0.507 e. The highest BCUT2D eigenvalue weighted by molar-refractivity contribution is 7.26. The van der Waals surface area contributed by atoms with Crippen LogP contribution in [-0.2, 0) is 0 Å². The van der Waals surface area contributed by atoms with Crippen LogP contribution in [0.3, 0.4) is 0 Å². The highest BCUT2D eigenvalue weighted by Gasteiger charge is 2.10. The second-order valence-electron chi connectivity index (χ2n) is 3.48. The van der Waals surface area contributed by atoms with E-state index in [-0.39, 0.29) is 0 Å². The van der Waals surface area contributed by atoms with Gasteiger partial charge >= 0.3 is 0 Å². The number of phenols is 1. The van der Waals surface area contributed by atoms with Crippen LogP contribution in [0.1, 0.15) is 0 Å². The van der Waals surface area contributed by atoms with Crippen LogP contribution in [0.15, 0.2) is 36.4 Å². The molecular weight excluding hydrogens is 206 g/mol. The Balaban J connectivity index is 2.66. The summed E-state index contributed by atoms with van der Waals surface area (Å²) in [7, 11) is 0. The summed E-state index contributed by atoms with van der Waals surface area (Å²) >= 11 is 1.62. The van der Waals surface area contributed by atoms with Crippen LogP contribution < -0.4 is 5.73 Å². The lowest BCUT2D eigenvalue weighted by molar-refractivity contribution is 0.482. The molecule has 0 spiro atoms. The fourth-order valence-electron chi connectivity index (χ4n) is 1.83. The van der Waals surface area contributed by atoms with E-state index in [1.54, 1.807) is 23.5 Å². The number of anilines is 1. The number of fused-ring (bicyclic) bond motifs is 3. The zero-order chi connectivity index (χ0) is 10.4. The van der Waals surface area contributed by atoms with E-state index in [0.717, 1.165) is 25.9 Å². The predicted octanol–water partition coefficient (Wildman–Crippen LogP) is 3.34. The van der Waals surface area contributed by atoms with Crippen molar-refractivity contribution in [3.63, 3.8) is 0 Å². The Morgan fingerprint density at radius 3 is 2.73 bits per heavy atom. The molecular formula is C12H9NOS. The lowest BCUT2D eigenvalue weighted by Crippen LogP contribution is -1.83. The zero-order valence-corrected chi connectivity index (χ0v) is 8.71. The maximum Gasteiger partial charge on any atom is 0.125 e. The number of nitrogen functional groups attached to an aromatic ring is 1. The molecule has 0 aliphatic rings. The SMILES string of the molecule is Nc1ccc(O)c2c1sc1ccccc12. The first-order chi connectivity index (χ1) is 7.27. The van der Waals surface area contributed by atoms with Gasteiger partial charge in [0.15, 0.2) is 0 Å². The summed E-state index contributed by atoms with van der Waals surface area (Å²) in [4.78, 5) is 0. The molecule has 0 fully saturated rings. The van der Waals surface area contributed by atoms with E-state index in [2.05, 4.69) is 0 Å². The third-order valence-corrected chi connectivity index (χ3v) is 3.75. The summed E-state index contributed by atoms with van der Waals surface area (Å²) in [5, 5.41) is 11.8. The van der Waals surface area contributed by atoms with Gasteiger partial charge < -0.3 is 10.8 Å². The van der Waals surface area contributed by atoms with Gasteiger partial charge in [-0.25, -0.2) is 0 Å². The number of hydrogen-bond donors (Lipinski definition) is 2. The van der Waals surface area contributed by atoms with Crippen LogP contribution in [0.5, 0.6) is 5.75 Å². The highest BCUT2D eigenvalue weighted by atomic mass is 32.1. The first-order valence-corrected chi connectivity index (χ1v) is 5.48. The maximum absolute atomic E-state index is 9.83. The minimum Gasteiger partial charge on any atom is -0.507 e. The van der Waals surface area contributed by atoms with Crippen molar-refractivity contribution in [2.24, 2.45) is 0 Å². The molecule has 3 heteroatoms. The number of phenolic OH excluding ortho intramolecular Hbond substituents is 1. The van der Waals surface area contributed by atoms with Gasteiger partial charge in [0, 0.05) is 21.2 Å². The number of nitrogens with two attached hydrogens (primary N) is 1. The van der Waals surface area contributed by atoms with Crippen molar-refractivity contribution < 1.29 is 5.11 Å². The van der Waals surface area contributed by atoms with E-state index >= 15 is 0 Å². The van der Waals surface area contributed by atoms with Crippen molar-refractivity contribution in [1.82, 2.24) is 0 Å². The van der Waals surface area contributed by atoms with Gasteiger partial charge in [-0.05, 0) is 18.2 Å². The predicted molar refractivity (Wildman–Crippen MR) is 65.4 cm³/mol. The molecule has 0 saturated carbocycles. The van der Waals surface area contributed by atoms with E-state index in [9.17, 15) is 5.11 Å². The van der Waals surface area contributed by atoms with E-state index < -0.39 is 0 Å². The Morgan fingerprint density at radius 2 is 1.87 bits per heavy atom. The maximum atomic E-state index is 9.83. The van der Waals surface area contributed by atoms with Crippen LogP contribution in [0, 0.1) is 0 Å². The molecule has 1 aromatic heterocycles. The summed E-state index contributed by atoms with van der Waals surface area (Å²) in [5.74, 6) is 0.302. The molecule has 0 amide bonds. The number of benzene rings is 2. The van der Waals surface area contributed by atoms with Crippen molar-refractivity contribution in [2.45, 2.75) is 0 Å². The van der Waals surface area contributed by atoms with Crippen LogP contribution in [-0.4, -0.2) is 5.11 Å². The average molecular weight is 215 g/mol. The minimum absolute atomic E-state index is 0.302. The molecule has 0 aliphatic carbocycles. The summed E-state index contributed by atoms with van der Waals surface area (Å²) in [6, 6.07) is 11.4. The molecule has 0 saturated heterocycles. The Kier molecular flexibility index (Phi) is 1.64. The second kappa shape index (κ2) is 2.87. The van der Waals surface area contributed by atoms with Crippen molar-refractivity contribution in [1.29, 1.82) is 0 Å². The third kappa shape index (κ3) is 1.10.